The molecule has 86 valence electrons. The van der Waals surface area contributed by atoms with Crippen molar-refractivity contribution in [2.75, 3.05) is 18.5 Å². The molecular formula is C12H17N3O. The molecule has 2 N–H and O–H groups in total. The Hall–Kier alpha value is -1.60. The first-order chi connectivity index (χ1) is 7.77. The number of aliphatic hydroxyl groups is 1. The van der Waals surface area contributed by atoms with Crippen molar-refractivity contribution in [2.45, 2.75) is 19.8 Å². The third-order valence-corrected chi connectivity index (χ3v) is 2.41. The largest absolute Gasteiger partial charge is 0.396 e. The van der Waals surface area contributed by atoms with Crippen LogP contribution < -0.4 is 5.32 Å². The van der Waals surface area contributed by atoms with Crippen molar-refractivity contribution in [1.82, 2.24) is 4.98 Å². The van der Waals surface area contributed by atoms with E-state index in [2.05, 4.69) is 16.4 Å². The van der Waals surface area contributed by atoms with E-state index in [0.717, 1.165) is 19.4 Å². The van der Waals surface area contributed by atoms with Crippen LogP contribution in [0.1, 0.15) is 25.3 Å². The number of nitriles is 1. The highest BCUT2D eigenvalue weighted by atomic mass is 16.3. The lowest BCUT2D eigenvalue weighted by Gasteiger charge is -2.09. The zero-order valence-corrected chi connectivity index (χ0v) is 9.48. The number of anilines is 1. The number of aromatic nitrogens is 1. The number of pyridine rings is 1. The average molecular weight is 219 g/mol. The lowest BCUT2D eigenvalue weighted by molar-refractivity contribution is 0.229. The van der Waals surface area contributed by atoms with Crippen LogP contribution >= 0.6 is 0 Å². The number of nitrogens with one attached hydrogen (secondary N) is 1. The van der Waals surface area contributed by atoms with E-state index in [4.69, 9.17) is 10.4 Å². The summed E-state index contributed by atoms with van der Waals surface area (Å²) in [4.78, 5) is 4.10. The second-order valence-corrected chi connectivity index (χ2v) is 3.87. The van der Waals surface area contributed by atoms with E-state index in [1.54, 1.807) is 18.3 Å². The van der Waals surface area contributed by atoms with Gasteiger partial charge in [-0.15, -0.1) is 0 Å². The van der Waals surface area contributed by atoms with Crippen LogP contribution in [-0.4, -0.2) is 23.2 Å². The van der Waals surface area contributed by atoms with Crippen LogP contribution in [-0.2, 0) is 0 Å². The first-order valence-corrected chi connectivity index (χ1v) is 5.47. The lowest BCUT2D eigenvalue weighted by Crippen LogP contribution is -2.08. The summed E-state index contributed by atoms with van der Waals surface area (Å²) < 4.78 is 0. The van der Waals surface area contributed by atoms with E-state index >= 15 is 0 Å². The molecule has 4 nitrogen and oxygen atoms in total. The summed E-state index contributed by atoms with van der Waals surface area (Å²) in [6.07, 6.45) is 3.60. The predicted molar refractivity (Wildman–Crippen MR) is 62.9 cm³/mol. The molecule has 0 bridgehead atoms. The van der Waals surface area contributed by atoms with Gasteiger partial charge in [-0.2, -0.15) is 5.26 Å². The average Bonchev–Trinajstić information content (AvgIpc) is 2.34. The molecule has 0 aliphatic rings. The summed E-state index contributed by atoms with van der Waals surface area (Å²) in [5, 5.41) is 20.8. The van der Waals surface area contributed by atoms with Crippen molar-refractivity contribution in [3.05, 3.63) is 23.9 Å². The Morgan fingerprint density at radius 1 is 1.62 bits per heavy atom. The summed E-state index contributed by atoms with van der Waals surface area (Å²) >= 11 is 0. The van der Waals surface area contributed by atoms with Gasteiger partial charge in [-0.1, -0.05) is 6.92 Å². The number of rotatable bonds is 6. The Balaban J connectivity index is 2.35. The Bertz CT molecular complexity index is 360. The third-order valence-electron chi connectivity index (χ3n) is 2.41. The Kier molecular flexibility index (Phi) is 5.30. The molecule has 1 aromatic heterocycles. The van der Waals surface area contributed by atoms with Crippen molar-refractivity contribution in [2.24, 2.45) is 5.92 Å². The molecule has 0 radical (unpaired) electrons. The minimum absolute atomic E-state index is 0.229. The van der Waals surface area contributed by atoms with Gasteiger partial charge in [0, 0.05) is 19.3 Å². The van der Waals surface area contributed by atoms with Gasteiger partial charge < -0.3 is 10.4 Å². The molecule has 0 fully saturated rings. The van der Waals surface area contributed by atoms with Crippen LogP contribution in [0.2, 0.25) is 0 Å². The number of hydrogen-bond donors (Lipinski definition) is 2. The number of hydrogen-bond acceptors (Lipinski definition) is 4. The molecule has 1 atom stereocenters. The fourth-order valence-corrected chi connectivity index (χ4v) is 1.38. The second kappa shape index (κ2) is 6.81. The summed E-state index contributed by atoms with van der Waals surface area (Å²) in [7, 11) is 0. The van der Waals surface area contributed by atoms with E-state index in [-0.39, 0.29) is 6.61 Å². The third kappa shape index (κ3) is 3.87. The maximum atomic E-state index is 8.86. The maximum Gasteiger partial charge on any atom is 0.143 e. The molecule has 0 aliphatic carbocycles. The van der Waals surface area contributed by atoms with E-state index in [1.165, 1.54) is 0 Å². The molecule has 1 heterocycles. The lowest BCUT2D eigenvalue weighted by atomic mass is 10.1. The van der Waals surface area contributed by atoms with Gasteiger partial charge in [0.2, 0.25) is 0 Å². The van der Waals surface area contributed by atoms with Gasteiger partial charge in [-0.25, -0.2) is 4.98 Å². The van der Waals surface area contributed by atoms with Gasteiger partial charge in [0.15, 0.2) is 0 Å². The van der Waals surface area contributed by atoms with Gasteiger partial charge in [0.05, 0.1) is 5.56 Å². The van der Waals surface area contributed by atoms with Crippen LogP contribution in [0.15, 0.2) is 18.3 Å². The molecule has 0 spiro atoms. The Morgan fingerprint density at radius 2 is 2.44 bits per heavy atom. The van der Waals surface area contributed by atoms with Crippen LogP contribution in [0.4, 0.5) is 5.82 Å². The van der Waals surface area contributed by atoms with Crippen molar-refractivity contribution < 1.29 is 5.11 Å². The van der Waals surface area contributed by atoms with Gasteiger partial charge in [-0.05, 0) is 30.9 Å². The minimum atomic E-state index is 0.229. The van der Waals surface area contributed by atoms with Crippen molar-refractivity contribution in [1.29, 1.82) is 5.26 Å². The number of aliphatic hydroxyl groups excluding tert-OH is 1. The summed E-state index contributed by atoms with van der Waals surface area (Å²) in [6.45, 7) is 3.02. The van der Waals surface area contributed by atoms with Gasteiger partial charge in [0.1, 0.15) is 11.9 Å². The molecule has 1 unspecified atom stereocenters. The maximum absolute atomic E-state index is 8.86. The molecule has 0 aromatic carbocycles. The van der Waals surface area contributed by atoms with Crippen molar-refractivity contribution in [3.63, 3.8) is 0 Å². The van der Waals surface area contributed by atoms with Crippen LogP contribution in [0.25, 0.3) is 0 Å². The number of nitrogens with zero attached hydrogens (tertiary/aromatic N) is 2. The Labute approximate surface area is 95.9 Å². The highest BCUT2D eigenvalue weighted by Gasteiger charge is 2.02. The van der Waals surface area contributed by atoms with Crippen LogP contribution in [0.3, 0.4) is 0 Å². The molecule has 0 amide bonds. The van der Waals surface area contributed by atoms with Crippen molar-refractivity contribution >= 4 is 5.82 Å². The normalized spacial score (nSPS) is 11.8. The van der Waals surface area contributed by atoms with Crippen LogP contribution in [0, 0.1) is 17.2 Å². The fourth-order valence-electron chi connectivity index (χ4n) is 1.38. The van der Waals surface area contributed by atoms with Gasteiger partial charge in [0.25, 0.3) is 0 Å². The molecule has 4 heteroatoms. The zero-order valence-electron chi connectivity index (χ0n) is 9.48. The molecule has 0 saturated heterocycles. The first-order valence-electron chi connectivity index (χ1n) is 5.47. The smallest absolute Gasteiger partial charge is 0.143 e. The molecule has 16 heavy (non-hydrogen) atoms. The van der Waals surface area contributed by atoms with Gasteiger partial charge in [-0.3, -0.25) is 0 Å². The van der Waals surface area contributed by atoms with E-state index < -0.39 is 0 Å². The standard InChI is InChI=1S/C12H17N3O/c1-10(9-16)4-2-6-14-12-11(8-13)5-3-7-15-12/h3,5,7,10,16H,2,4,6,9H2,1H3,(H,14,15). The monoisotopic (exact) mass is 219 g/mol. The topological polar surface area (TPSA) is 68.9 Å². The quantitative estimate of drug-likeness (QED) is 0.715. The van der Waals surface area contributed by atoms with Crippen LogP contribution in [0.5, 0.6) is 0 Å². The zero-order chi connectivity index (χ0) is 11.8. The fraction of sp³-hybridized carbons (Fsp3) is 0.500. The van der Waals surface area contributed by atoms with E-state index in [9.17, 15) is 0 Å². The van der Waals surface area contributed by atoms with Crippen molar-refractivity contribution in [3.8, 4) is 6.07 Å². The SMILES string of the molecule is CC(CO)CCCNc1ncccc1C#N. The summed E-state index contributed by atoms with van der Waals surface area (Å²) in [5.74, 6) is 0.975. The minimum Gasteiger partial charge on any atom is -0.396 e. The summed E-state index contributed by atoms with van der Waals surface area (Å²) in [6, 6.07) is 5.58. The highest BCUT2D eigenvalue weighted by Crippen LogP contribution is 2.10. The second-order valence-electron chi connectivity index (χ2n) is 3.87. The highest BCUT2D eigenvalue weighted by molar-refractivity contribution is 5.50. The summed E-state index contributed by atoms with van der Waals surface area (Å²) in [5.41, 5.74) is 0.567. The molecule has 0 aliphatic heterocycles. The predicted octanol–water partition coefficient (Wildman–Crippen LogP) is 1.77. The Morgan fingerprint density at radius 3 is 3.12 bits per heavy atom. The first kappa shape index (κ1) is 12.5. The molecule has 1 rings (SSSR count). The molecular weight excluding hydrogens is 202 g/mol. The van der Waals surface area contributed by atoms with Gasteiger partial charge >= 0.3 is 0 Å². The molecule has 0 saturated carbocycles. The van der Waals surface area contributed by atoms with E-state index in [1.807, 2.05) is 6.92 Å². The van der Waals surface area contributed by atoms with E-state index in [0.29, 0.717) is 17.3 Å². The molecule has 1 aromatic rings.